The molecule has 3 nitrogen and oxygen atoms in total. The lowest BCUT2D eigenvalue weighted by Gasteiger charge is -2.60. The fraction of sp³-hybridized carbons (Fsp3) is 0.727. The summed E-state index contributed by atoms with van der Waals surface area (Å²) in [5, 5.41) is 0.375. The van der Waals surface area contributed by atoms with Crippen molar-refractivity contribution in [1.29, 1.82) is 0 Å². The van der Waals surface area contributed by atoms with Gasteiger partial charge in [0.15, 0.2) is 8.32 Å². The lowest BCUT2D eigenvalue weighted by atomic mass is 9.66. The Morgan fingerprint density at radius 2 is 1.59 bits per heavy atom. The SMILES string of the molecule is COc1cccc2c1[C@](OC)(C1([Si](C)(C)C)CC1)[C@H]2O[Si](C)(C)C(C)(C)C. The van der Waals surface area contributed by atoms with Crippen LogP contribution in [0.5, 0.6) is 5.75 Å². The fourth-order valence-electron chi connectivity index (χ4n) is 4.92. The third kappa shape index (κ3) is 2.72. The molecule has 2 aliphatic carbocycles. The molecule has 2 atom stereocenters. The largest absolute Gasteiger partial charge is 0.496 e. The normalized spacial score (nSPS) is 27.0. The van der Waals surface area contributed by atoms with Crippen molar-refractivity contribution in [1.82, 2.24) is 0 Å². The van der Waals surface area contributed by atoms with E-state index in [9.17, 15) is 0 Å². The van der Waals surface area contributed by atoms with Gasteiger partial charge in [-0.2, -0.15) is 0 Å². The molecule has 3 rings (SSSR count). The zero-order valence-corrected chi connectivity index (χ0v) is 20.9. The van der Waals surface area contributed by atoms with Crippen LogP contribution >= 0.6 is 0 Å². The molecule has 0 radical (unpaired) electrons. The van der Waals surface area contributed by atoms with Crippen molar-refractivity contribution in [3.05, 3.63) is 29.3 Å². The maximum absolute atomic E-state index is 7.07. The van der Waals surface area contributed by atoms with E-state index >= 15 is 0 Å². The van der Waals surface area contributed by atoms with E-state index in [1.807, 2.05) is 7.11 Å². The summed E-state index contributed by atoms with van der Waals surface area (Å²) < 4.78 is 19.4. The van der Waals surface area contributed by atoms with Crippen LogP contribution in [0.1, 0.15) is 50.8 Å². The third-order valence-electron chi connectivity index (χ3n) is 7.74. The standard InChI is InChI=1S/C22H38O3Si2/c1-20(2,3)27(9,10)25-19-16-12-11-13-17(23-4)18(16)22(19,24-5)21(14-15-21)26(6,7)8/h11-13,19H,14-15H2,1-10H3/t19-,22+/m0/s1. The maximum atomic E-state index is 7.07. The molecule has 0 spiro atoms. The summed E-state index contributed by atoms with van der Waals surface area (Å²) in [5.41, 5.74) is 2.14. The summed E-state index contributed by atoms with van der Waals surface area (Å²) >= 11 is 0. The van der Waals surface area contributed by atoms with Crippen LogP contribution in [-0.4, -0.2) is 30.6 Å². The third-order valence-corrected chi connectivity index (χ3v) is 15.9. The molecular weight excluding hydrogens is 368 g/mol. The molecule has 0 saturated heterocycles. The van der Waals surface area contributed by atoms with E-state index in [4.69, 9.17) is 13.9 Å². The highest BCUT2D eigenvalue weighted by molar-refractivity contribution is 6.80. The Kier molecular flexibility index (Phi) is 4.83. The van der Waals surface area contributed by atoms with Crippen molar-refractivity contribution >= 4 is 16.4 Å². The molecular formula is C22H38O3Si2. The average Bonchev–Trinajstić information content (AvgIpc) is 3.34. The molecule has 1 saturated carbocycles. The lowest BCUT2D eigenvalue weighted by Crippen LogP contribution is -2.59. The molecule has 27 heavy (non-hydrogen) atoms. The zero-order chi connectivity index (χ0) is 20.5. The highest BCUT2D eigenvalue weighted by Gasteiger charge is 2.75. The number of rotatable bonds is 6. The van der Waals surface area contributed by atoms with Crippen molar-refractivity contribution in [3.63, 3.8) is 0 Å². The minimum atomic E-state index is -1.95. The quantitative estimate of drug-likeness (QED) is 0.506. The number of hydrogen-bond donors (Lipinski definition) is 0. The summed E-state index contributed by atoms with van der Waals surface area (Å²) in [4.78, 5) is 0. The highest BCUT2D eigenvalue weighted by Crippen LogP contribution is 2.80. The van der Waals surface area contributed by atoms with Gasteiger partial charge in [-0.15, -0.1) is 0 Å². The van der Waals surface area contributed by atoms with Crippen LogP contribution in [0.25, 0.3) is 0 Å². The Bertz CT molecular complexity index is 726. The summed E-state index contributed by atoms with van der Waals surface area (Å²) in [7, 11) is 0.190. The van der Waals surface area contributed by atoms with Crippen molar-refractivity contribution in [2.24, 2.45) is 0 Å². The van der Waals surface area contributed by atoms with Gasteiger partial charge in [-0.05, 0) is 42.6 Å². The van der Waals surface area contributed by atoms with Gasteiger partial charge in [-0.25, -0.2) is 0 Å². The van der Waals surface area contributed by atoms with Crippen LogP contribution < -0.4 is 4.74 Å². The van der Waals surface area contributed by atoms with E-state index in [-0.39, 0.29) is 21.8 Å². The first kappa shape index (κ1) is 21.1. The van der Waals surface area contributed by atoms with Crippen LogP contribution in [0.3, 0.4) is 0 Å². The minimum Gasteiger partial charge on any atom is -0.496 e. The van der Waals surface area contributed by atoms with Crippen molar-refractivity contribution in [2.45, 2.75) is 88.1 Å². The van der Waals surface area contributed by atoms with Crippen LogP contribution in [0.2, 0.25) is 42.8 Å². The Morgan fingerprint density at radius 1 is 1.00 bits per heavy atom. The molecule has 0 N–H and O–H groups in total. The van der Waals surface area contributed by atoms with E-state index in [0.29, 0.717) is 0 Å². The second-order valence-corrected chi connectivity index (χ2v) is 21.2. The molecule has 0 amide bonds. The van der Waals surface area contributed by atoms with E-state index in [0.717, 1.165) is 5.75 Å². The Morgan fingerprint density at radius 3 is 2.00 bits per heavy atom. The first-order chi connectivity index (χ1) is 12.3. The molecule has 0 heterocycles. The molecule has 0 bridgehead atoms. The van der Waals surface area contributed by atoms with Gasteiger partial charge < -0.3 is 13.9 Å². The number of methoxy groups -OCH3 is 2. The van der Waals surface area contributed by atoms with Gasteiger partial charge in [0.05, 0.1) is 15.2 Å². The molecule has 0 aliphatic heterocycles. The van der Waals surface area contributed by atoms with E-state index in [2.05, 4.69) is 71.7 Å². The number of fused-ring (bicyclic) bond motifs is 1. The summed E-state index contributed by atoms with van der Waals surface area (Å²) in [6, 6.07) is 6.38. The Hall–Kier alpha value is -0.626. The predicted molar refractivity (Wildman–Crippen MR) is 118 cm³/mol. The van der Waals surface area contributed by atoms with Crippen molar-refractivity contribution in [3.8, 4) is 5.75 Å². The Labute approximate surface area is 167 Å². The second-order valence-electron chi connectivity index (χ2n) is 11.0. The molecule has 1 fully saturated rings. The van der Waals surface area contributed by atoms with Gasteiger partial charge in [-0.3, -0.25) is 0 Å². The van der Waals surface area contributed by atoms with Crippen LogP contribution in [0, 0.1) is 0 Å². The smallest absolute Gasteiger partial charge is 0.193 e. The molecule has 1 aromatic carbocycles. The topological polar surface area (TPSA) is 27.7 Å². The number of ether oxygens (including phenoxy) is 2. The van der Waals surface area contributed by atoms with Crippen molar-refractivity contribution in [2.75, 3.05) is 14.2 Å². The maximum Gasteiger partial charge on any atom is 0.193 e. The first-order valence-electron chi connectivity index (χ1n) is 10.2. The van der Waals surface area contributed by atoms with E-state index < -0.39 is 16.4 Å². The monoisotopic (exact) mass is 406 g/mol. The van der Waals surface area contributed by atoms with Gasteiger partial charge in [0.1, 0.15) is 17.5 Å². The Balaban J connectivity index is 2.19. The summed E-state index contributed by atoms with van der Waals surface area (Å²) in [6.07, 6.45) is 2.46. The van der Waals surface area contributed by atoms with Crippen molar-refractivity contribution < 1.29 is 13.9 Å². The minimum absolute atomic E-state index is 0.00252. The zero-order valence-electron chi connectivity index (χ0n) is 18.9. The molecule has 2 aliphatic rings. The van der Waals surface area contributed by atoms with Gasteiger partial charge >= 0.3 is 0 Å². The second kappa shape index (κ2) is 6.18. The molecule has 5 heteroatoms. The number of benzene rings is 1. The molecule has 0 aromatic heterocycles. The summed E-state index contributed by atoms with van der Waals surface area (Å²) in [5.74, 6) is 0.953. The van der Waals surface area contributed by atoms with Gasteiger partial charge in [0, 0.05) is 17.7 Å². The molecule has 152 valence electrons. The summed E-state index contributed by atoms with van der Waals surface area (Å²) in [6.45, 7) is 19.1. The van der Waals surface area contributed by atoms with Crippen LogP contribution in [-0.2, 0) is 14.8 Å². The fourth-order valence-corrected chi connectivity index (χ4v) is 9.26. The predicted octanol–water partition coefficient (Wildman–Crippen LogP) is 6.49. The highest BCUT2D eigenvalue weighted by atomic mass is 28.4. The number of hydrogen-bond acceptors (Lipinski definition) is 3. The lowest BCUT2D eigenvalue weighted by molar-refractivity contribution is -0.145. The molecule has 1 aromatic rings. The van der Waals surface area contributed by atoms with Gasteiger partial charge in [0.25, 0.3) is 0 Å². The molecule has 0 unspecified atom stereocenters. The van der Waals surface area contributed by atoms with Crippen LogP contribution in [0.15, 0.2) is 18.2 Å². The average molecular weight is 407 g/mol. The van der Waals surface area contributed by atoms with E-state index in [1.165, 1.54) is 24.0 Å². The van der Waals surface area contributed by atoms with Gasteiger partial charge in [0.2, 0.25) is 0 Å². The van der Waals surface area contributed by atoms with Crippen LogP contribution in [0.4, 0.5) is 0 Å². The van der Waals surface area contributed by atoms with Gasteiger partial charge in [-0.1, -0.05) is 52.5 Å². The first-order valence-corrected chi connectivity index (χ1v) is 16.6. The van der Waals surface area contributed by atoms with E-state index in [1.54, 1.807) is 7.11 Å².